The van der Waals surface area contributed by atoms with Crippen LogP contribution < -0.4 is 5.32 Å². The van der Waals surface area contributed by atoms with Crippen LogP contribution in [0.25, 0.3) is 33.1 Å². The van der Waals surface area contributed by atoms with E-state index in [-0.39, 0.29) is 0 Å². The first kappa shape index (κ1) is 17.4. The van der Waals surface area contributed by atoms with Gasteiger partial charge in [0.1, 0.15) is 5.82 Å². The van der Waals surface area contributed by atoms with Crippen LogP contribution in [0.5, 0.6) is 0 Å². The van der Waals surface area contributed by atoms with Gasteiger partial charge in [-0.15, -0.1) is 0 Å². The van der Waals surface area contributed by atoms with Crippen molar-refractivity contribution in [3.8, 4) is 11.4 Å². The normalized spacial score (nSPS) is 11.4. The lowest BCUT2D eigenvalue weighted by Gasteiger charge is -2.13. The molecule has 0 unspecified atom stereocenters. The Morgan fingerprint density at radius 3 is 2.48 bits per heavy atom. The monoisotopic (exact) mass is 356 g/mol. The van der Waals surface area contributed by atoms with Gasteiger partial charge in [-0.2, -0.15) is 0 Å². The minimum atomic E-state index is 0.759. The number of hydrogen-bond donors (Lipinski definition) is 1. The Balaban J connectivity index is 1.71. The maximum atomic E-state index is 4.86. The Hall–Kier alpha value is -2.98. The number of nitrogens with zero attached hydrogens (tertiary/aromatic N) is 3. The average Bonchev–Trinajstić information content (AvgIpc) is 2.70. The molecule has 3 aromatic carbocycles. The summed E-state index contributed by atoms with van der Waals surface area (Å²) in [5.74, 6) is 1.66. The molecule has 0 atom stereocenters. The molecule has 136 valence electrons. The van der Waals surface area contributed by atoms with E-state index in [1.54, 1.807) is 0 Å². The Morgan fingerprint density at radius 1 is 0.852 bits per heavy atom. The molecule has 1 N–H and O–H groups in total. The van der Waals surface area contributed by atoms with Crippen LogP contribution in [0.2, 0.25) is 0 Å². The molecular weight excluding hydrogens is 332 g/mol. The average molecular weight is 356 g/mol. The molecule has 4 rings (SSSR count). The van der Waals surface area contributed by atoms with Gasteiger partial charge >= 0.3 is 0 Å². The van der Waals surface area contributed by atoms with Gasteiger partial charge in [0.15, 0.2) is 5.82 Å². The van der Waals surface area contributed by atoms with Crippen molar-refractivity contribution in [2.24, 2.45) is 0 Å². The van der Waals surface area contributed by atoms with Crippen LogP contribution in [0.4, 0.5) is 5.82 Å². The van der Waals surface area contributed by atoms with Crippen molar-refractivity contribution in [2.45, 2.75) is 6.42 Å². The van der Waals surface area contributed by atoms with Crippen LogP contribution >= 0.6 is 0 Å². The summed E-state index contributed by atoms with van der Waals surface area (Å²) >= 11 is 0. The highest BCUT2D eigenvalue weighted by Crippen LogP contribution is 2.27. The van der Waals surface area contributed by atoms with E-state index in [2.05, 4.69) is 72.8 Å². The van der Waals surface area contributed by atoms with Crippen LogP contribution in [-0.4, -0.2) is 42.1 Å². The van der Waals surface area contributed by atoms with Crippen LogP contribution in [0.1, 0.15) is 6.42 Å². The number of para-hydroxylation sites is 1. The molecule has 1 heterocycles. The van der Waals surface area contributed by atoms with E-state index in [1.165, 1.54) is 10.8 Å². The fourth-order valence-electron chi connectivity index (χ4n) is 3.27. The van der Waals surface area contributed by atoms with E-state index in [4.69, 9.17) is 9.97 Å². The SMILES string of the molecule is CN(C)CCCNc1nc(-c2ccc3ccccc3c2)nc2ccccc12. The second-order valence-electron chi connectivity index (χ2n) is 7.06. The zero-order valence-electron chi connectivity index (χ0n) is 15.8. The topological polar surface area (TPSA) is 41.0 Å². The molecule has 0 saturated carbocycles. The molecule has 0 fully saturated rings. The zero-order valence-corrected chi connectivity index (χ0v) is 15.8. The highest BCUT2D eigenvalue weighted by atomic mass is 15.1. The molecule has 4 nitrogen and oxygen atoms in total. The van der Waals surface area contributed by atoms with E-state index in [1.807, 2.05) is 18.2 Å². The second-order valence-corrected chi connectivity index (χ2v) is 7.06. The standard InChI is InChI=1S/C23H24N4/c1-27(2)15-7-14-24-23-20-10-5-6-11-21(20)25-22(26-23)19-13-12-17-8-3-4-9-18(17)16-19/h3-6,8-13,16H,7,14-15H2,1-2H3,(H,24,25,26). The van der Waals surface area contributed by atoms with Gasteiger partial charge in [-0.3, -0.25) is 0 Å². The van der Waals surface area contributed by atoms with Crippen molar-refractivity contribution in [1.29, 1.82) is 0 Å². The molecule has 0 aliphatic carbocycles. The fourth-order valence-corrected chi connectivity index (χ4v) is 3.27. The highest BCUT2D eigenvalue weighted by molar-refractivity contribution is 5.92. The molecule has 4 heteroatoms. The summed E-state index contributed by atoms with van der Waals surface area (Å²) < 4.78 is 0. The van der Waals surface area contributed by atoms with Crippen molar-refractivity contribution in [2.75, 3.05) is 32.5 Å². The summed E-state index contributed by atoms with van der Waals surface area (Å²) in [7, 11) is 4.19. The predicted molar refractivity (Wildman–Crippen MR) is 114 cm³/mol. The summed E-state index contributed by atoms with van der Waals surface area (Å²) in [6.07, 6.45) is 1.07. The van der Waals surface area contributed by atoms with Crippen LogP contribution in [0.15, 0.2) is 66.7 Å². The molecule has 0 aliphatic rings. The minimum absolute atomic E-state index is 0.759. The maximum absolute atomic E-state index is 4.86. The first-order chi connectivity index (χ1) is 13.2. The van der Waals surface area contributed by atoms with Gasteiger partial charge in [0, 0.05) is 17.5 Å². The third kappa shape index (κ3) is 3.91. The quantitative estimate of drug-likeness (QED) is 0.503. The number of aromatic nitrogens is 2. The van der Waals surface area contributed by atoms with Gasteiger partial charge in [0.25, 0.3) is 0 Å². The third-order valence-electron chi connectivity index (χ3n) is 4.69. The Morgan fingerprint density at radius 2 is 1.63 bits per heavy atom. The van der Waals surface area contributed by atoms with Gasteiger partial charge in [-0.1, -0.05) is 48.5 Å². The van der Waals surface area contributed by atoms with Crippen molar-refractivity contribution in [1.82, 2.24) is 14.9 Å². The molecular formula is C23H24N4. The molecule has 4 aromatic rings. The molecule has 1 aromatic heterocycles. The number of rotatable bonds is 6. The Bertz CT molecular complexity index is 1070. The zero-order chi connectivity index (χ0) is 18.6. The molecule has 0 radical (unpaired) electrons. The number of benzene rings is 3. The van der Waals surface area contributed by atoms with Crippen molar-refractivity contribution in [3.05, 3.63) is 66.7 Å². The lowest BCUT2D eigenvalue weighted by Crippen LogP contribution is -2.16. The van der Waals surface area contributed by atoms with Crippen LogP contribution in [-0.2, 0) is 0 Å². The van der Waals surface area contributed by atoms with Crippen LogP contribution in [0, 0.1) is 0 Å². The smallest absolute Gasteiger partial charge is 0.162 e. The number of hydrogen-bond acceptors (Lipinski definition) is 4. The lowest BCUT2D eigenvalue weighted by atomic mass is 10.1. The van der Waals surface area contributed by atoms with E-state index < -0.39 is 0 Å². The van der Waals surface area contributed by atoms with E-state index in [0.29, 0.717) is 0 Å². The largest absolute Gasteiger partial charge is 0.369 e. The van der Waals surface area contributed by atoms with Gasteiger partial charge in [0.2, 0.25) is 0 Å². The van der Waals surface area contributed by atoms with Crippen molar-refractivity contribution < 1.29 is 0 Å². The Labute approximate surface area is 159 Å². The predicted octanol–water partition coefficient (Wildman–Crippen LogP) is 4.81. The molecule has 0 saturated heterocycles. The molecule has 27 heavy (non-hydrogen) atoms. The van der Waals surface area contributed by atoms with Crippen molar-refractivity contribution >= 4 is 27.5 Å². The van der Waals surface area contributed by atoms with Gasteiger partial charge in [-0.05, 0) is 56.0 Å². The third-order valence-corrected chi connectivity index (χ3v) is 4.69. The second kappa shape index (κ2) is 7.72. The first-order valence-corrected chi connectivity index (χ1v) is 9.35. The first-order valence-electron chi connectivity index (χ1n) is 9.35. The molecule has 0 aliphatic heterocycles. The van der Waals surface area contributed by atoms with E-state index >= 15 is 0 Å². The summed E-state index contributed by atoms with van der Waals surface area (Å²) in [5.41, 5.74) is 2.00. The van der Waals surface area contributed by atoms with Crippen molar-refractivity contribution in [3.63, 3.8) is 0 Å². The van der Waals surface area contributed by atoms with Crippen LogP contribution in [0.3, 0.4) is 0 Å². The number of fused-ring (bicyclic) bond motifs is 2. The van der Waals surface area contributed by atoms with Gasteiger partial charge in [-0.25, -0.2) is 9.97 Å². The minimum Gasteiger partial charge on any atom is -0.369 e. The van der Waals surface area contributed by atoms with E-state index in [9.17, 15) is 0 Å². The molecule has 0 amide bonds. The molecule has 0 bridgehead atoms. The summed E-state index contributed by atoms with van der Waals surface area (Å²) in [4.78, 5) is 11.9. The van der Waals surface area contributed by atoms with Gasteiger partial charge in [0.05, 0.1) is 5.52 Å². The highest BCUT2D eigenvalue weighted by Gasteiger charge is 2.09. The lowest BCUT2D eigenvalue weighted by molar-refractivity contribution is 0.405. The van der Waals surface area contributed by atoms with E-state index in [0.717, 1.165) is 47.6 Å². The number of nitrogens with one attached hydrogen (secondary N) is 1. The fraction of sp³-hybridized carbons (Fsp3) is 0.217. The summed E-state index contributed by atoms with van der Waals surface area (Å²) in [6.45, 7) is 1.93. The maximum Gasteiger partial charge on any atom is 0.162 e. The van der Waals surface area contributed by atoms with Gasteiger partial charge < -0.3 is 10.2 Å². The molecule has 0 spiro atoms. The summed E-state index contributed by atoms with van der Waals surface area (Å²) in [6, 6.07) is 22.9. The summed E-state index contributed by atoms with van der Waals surface area (Å²) in [5, 5.41) is 7.00. The number of anilines is 1. The Kier molecular flexibility index (Phi) is 4.99.